The quantitative estimate of drug-likeness (QED) is 0.462. The Kier molecular flexibility index (Phi) is 5.44. The van der Waals surface area contributed by atoms with Crippen LogP contribution in [0.5, 0.6) is 0 Å². The highest BCUT2D eigenvalue weighted by molar-refractivity contribution is 7.16. The minimum Gasteiger partial charge on any atom is -0.353 e. The molecule has 164 valence electrons. The molecule has 1 aliphatic heterocycles. The number of aryl methyl sites for hydroxylation is 2. The van der Waals surface area contributed by atoms with Gasteiger partial charge in [0.2, 0.25) is 11.7 Å². The van der Waals surface area contributed by atoms with E-state index in [9.17, 15) is 4.79 Å². The number of rotatable bonds is 5. The summed E-state index contributed by atoms with van der Waals surface area (Å²) in [5.41, 5.74) is 1.60. The molecule has 0 saturated carbocycles. The van der Waals surface area contributed by atoms with E-state index in [4.69, 9.17) is 4.52 Å². The summed E-state index contributed by atoms with van der Waals surface area (Å²) in [6.45, 7) is 6.60. The van der Waals surface area contributed by atoms with Crippen LogP contribution in [0, 0.1) is 6.92 Å². The number of thiazole rings is 1. The SMILES string of the molecule is CCc1nc(-c2ccc(N3CCN(C(=O)c4sc(-n5cccc5)nc4C)CC3)nc2)no1. The zero-order chi connectivity index (χ0) is 22.1. The van der Waals surface area contributed by atoms with Crippen LogP contribution in [-0.4, -0.2) is 61.7 Å². The Morgan fingerprint density at radius 1 is 1.12 bits per heavy atom. The fourth-order valence-electron chi connectivity index (χ4n) is 3.66. The van der Waals surface area contributed by atoms with Gasteiger partial charge >= 0.3 is 0 Å². The molecule has 4 aromatic heterocycles. The van der Waals surface area contributed by atoms with Gasteiger partial charge in [0.05, 0.1) is 5.69 Å². The van der Waals surface area contributed by atoms with Crippen molar-refractivity contribution in [2.45, 2.75) is 20.3 Å². The first-order chi connectivity index (χ1) is 15.6. The van der Waals surface area contributed by atoms with E-state index in [-0.39, 0.29) is 5.91 Å². The lowest BCUT2D eigenvalue weighted by Crippen LogP contribution is -2.49. The van der Waals surface area contributed by atoms with Crippen molar-refractivity contribution in [3.8, 4) is 16.5 Å². The van der Waals surface area contributed by atoms with Crippen LogP contribution in [0.1, 0.15) is 28.2 Å². The highest BCUT2D eigenvalue weighted by atomic mass is 32.1. The third-order valence-electron chi connectivity index (χ3n) is 5.47. The molecular formula is C22H23N7O2S. The lowest BCUT2D eigenvalue weighted by Gasteiger charge is -2.35. The van der Waals surface area contributed by atoms with Gasteiger partial charge in [0.15, 0.2) is 5.13 Å². The molecule has 0 aromatic carbocycles. The molecule has 0 unspecified atom stereocenters. The third kappa shape index (κ3) is 3.89. The number of amides is 1. The maximum Gasteiger partial charge on any atom is 0.266 e. The van der Waals surface area contributed by atoms with E-state index in [1.165, 1.54) is 11.3 Å². The lowest BCUT2D eigenvalue weighted by atomic mass is 10.2. The predicted molar refractivity (Wildman–Crippen MR) is 121 cm³/mol. The van der Waals surface area contributed by atoms with E-state index in [1.54, 1.807) is 6.20 Å². The molecule has 5 heterocycles. The van der Waals surface area contributed by atoms with Gasteiger partial charge in [-0.2, -0.15) is 4.98 Å². The van der Waals surface area contributed by atoms with Crippen molar-refractivity contribution in [1.82, 2.24) is 29.6 Å². The third-order valence-corrected chi connectivity index (χ3v) is 6.63. The van der Waals surface area contributed by atoms with Gasteiger partial charge in [0.1, 0.15) is 10.7 Å². The molecule has 0 atom stereocenters. The van der Waals surface area contributed by atoms with Crippen LogP contribution in [-0.2, 0) is 6.42 Å². The van der Waals surface area contributed by atoms with Gasteiger partial charge in [0, 0.05) is 56.8 Å². The molecule has 4 aromatic rings. The molecule has 0 radical (unpaired) electrons. The summed E-state index contributed by atoms with van der Waals surface area (Å²) >= 11 is 1.43. The van der Waals surface area contributed by atoms with Gasteiger partial charge in [-0.3, -0.25) is 4.79 Å². The summed E-state index contributed by atoms with van der Waals surface area (Å²) < 4.78 is 7.10. The highest BCUT2D eigenvalue weighted by Crippen LogP contribution is 2.25. The maximum atomic E-state index is 13.1. The first kappa shape index (κ1) is 20.4. The molecule has 0 N–H and O–H groups in total. The molecule has 32 heavy (non-hydrogen) atoms. The molecular weight excluding hydrogens is 426 g/mol. The van der Waals surface area contributed by atoms with Crippen LogP contribution in [0.15, 0.2) is 47.4 Å². The molecule has 10 heteroatoms. The van der Waals surface area contributed by atoms with E-state index in [0.717, 1.165) is 35.3 Å². The average Bonchev–Trinajstić information content (AvgIpc) is 3.59. The number of anilines is 1. The first-order valence-electron chi connectivity index (χ1n) is 10.6. The van der Waals surface area contributed by atoms with Gasteiger partial charge in [-0.25, -0.2) is 9.97 Å². The maximum absolute atomic E-state index is 13.1. The summed E-state index contributed by atoms with van der Waals surface area (Å²) in [6.07, 6.45) is 6.34. The van der Waals surface area contributed by atoms with E-state index < -0.39 is 0 Å². The Bertz CT molecular complexity index is 1210. The van der Waals surface area contributed by atoms with E-state index in [0.29, 0.717) is 36.1 Å². The normalized spacial score (nSPS) is 14.2. The summed E-state index contributed by atoms with van der Waals surface area (Å²) in [7, 11) is 0. The molecule has 1 fully saturated rings. The molecule has 0 aliphatic carbocycles. The first-order valence-corrected chi connectivity index (χ1v) is 11.4. The number of hydrogen-bond donors (Lipinski definition) is 0. The smallest absolute Gasteiger partial charge is 0.266 e. The van der Waals surface area contributed by atoms with Crippen LogP contribution < -0.4 is 4.90 Å². The van der Waals surface area contributed by atoms with Gasteiger partial charge in [-0.1, -0.05) is 23.4 Å². The van der Waals surface area contributed by atoms with Crippen LogP contribution in [0.4, 0.5) is 5.82 Å². The van der Waals surface area contributed by atoms with E-state index >= 15 is 0 Å². The minimum atomic E-state index is 0.0465. The number of aromatic nitrogens is 5. The fraction of sp³-hybridized carbons (Fsp3) is 0.318. The minimum absolute atomic E-state index is 0.0465. The second-order valence-electron chi connectivity index (χ2n) is 7.55. The average molecular weight is 450 g/mol. The van der Waals surface area contributed by atoms with E-state index in [2.05, 4.69) is 25.0 Å². The molecule has 5 rings (SSSR count). The largest absolute Gasteiger partial charge is 0.353 e. The van der Waals surface area contributed by atoms with Crippen molar-refractivity contribution in [2.75, 3.05) is 31.1 Å². The van der Waals surface area contributed by atoms with Crippen LogP contribution >= 0.6 is 11.3 Å². The van der Waals surface area contributed by atoms with Crippen LogP contribution in [0.2, 0.25) is 0 Å². The van der Waals surface area contributed by atoms with Gasteiger partial charge in [-0.05, 0) is 31.2 Å². The standard InChI is InChI=1S/C22H23N7O2S/c1-3-18-25-20(26-31-18)16-6-7-17(23-14-16)27-10-12-28(13-11-27)21(30)19-15(2)24-22(32-19)29-8-4-5-9-29/h4-9,14H,3,10-13H2,1-2H3. The Morgan fingerprint density at radius 2 is 1.91 bits per heavy atom. The molecule has 1 amide bonds. The number of hydrogen-bond acceptors (Lipinski definition) is 8. The van der Waals surface area contributed by atoms with E-state index in [1.807, 2.05) is 60.0 Å². The summed E-state index contributed by atoms with van der Waals surface area (Å²) in [5.74, 6) is 2.09. The second-order valence-corrected chi connectivity index (χ2v) is 8.53. The molecule has 1 saturated heterocycles. The van der Waals surface area contributed by atoms with Crippen molar-refractivity contribution >= 4 is 23.1 Å². The summed E-state index contributed by atoms with van der Waals surface area (Å²) in [6, 6.07) is 7.81. The highest BCUT2D eigenvalue weighted by Gasteiger charge is 2.26. The zero-order valence-corrected chi connectivity index (χ0v) is 18.7. The zero-order valence-electron chi connectivity index (χ0n) is 17.9. The Labute approximate surface area is 189 Å². The number of pyridine rings is 1. The number of carbonyl (C=O) groups is 1. The number of carbonyl (C=O) groups excluding carboxylic acids is 1. The summed E-state index contributed by atoms with van der Waals surface area (Å²) in [5, 5.41) is 4.80. The molecule has 0 spiro atoms. The number of nitrogens with zero attached hydrogens (tertiary/aromatic N) is 7. The van der Waals surface area contributed by atoms with Crippen LogP contribution in [0.25, 0.3) is 16.5 Å². The summed E-state index contributed by atoms with van der Waals surface area (Å²) in [4.78, 5) is 31.4. The van der Waals surface area contributed by atoms with Gasteiger partial charge < -0.3 is 18.9 Å². The number of piperazine rings is 1. The predicted octanol–water partition coefficient (Wildman–Crippen LogP) is 3.21. The van der Waals surface area contributed by atoms with Gasteiger partial charge in [0.25, 0.3) is 5.91 Å². The van der Waals surface area contributed by atoms with Gasteiger partial charge in [-0.15, -0.1) is 0 Å². The van der Waals surface area contributed by atoms with Crippen molar-refractivity contribution in [1.29, 1.82) is 0 Å². The lowest BCUT2D eigenvalue weighted by molar-refractivity contribution is 0.0750. The molecule has 1 aliphatic rings. The van der Waals surface area contributed by atoms with Crippen molar-refractivity contribution in [3.05, 3.63) is 59.3 Å². The Morgan fingerprint density at radius 3 is 2.56 bits per heavy atom. The molecule has 0 bridgehead atoms. The fourth-order valence-corrected chi connectivity index (χ4v) is 4.66. The van der Waals surface area contributed by atoms with Crippen LogP contribution in [0.3, 0.4) is 0 Å². The Balaban J connectivity index is 1.23. The topological polar surface area (TPSA) is 93.2 Å². The second kappa shape index (κ2) is 8.54. The molecule has 9 nitrogen and oxygen atoms in total. The van der Waals surface area contributed by atoms with Crippen molar-refractivity contribution in [3.63, 3.8) is 0 Å². The van der Waals surface area contributed by atoms with Crippen molar-refractivity contribution in [2.24, 2.45) is 0 Å². The van der Waals surface area contributed by atoms with Crippen molar-refractivity contribution < 1.29 is 9.32 Å². The Hall–Kier alpha value is -3.53. The monoisotopic (exact) mass is 449 g/mol.